The third kappa shape index (κ3) is 11.2. The summed E-state index contributed by atoms with van der Waals surface area (Å²) in [7, 11) is 10.3. The summed E-state index contributed by atoms with van der Waals surface area (Å²) >= 11 is 0. The van der Waals surface area contributed by atoms with Crippen molar-refractivity contribution in [1.29, 1.82) is 0 Å². The lowest BCUT2D eigenvalue weighted by molar-refractivity contribution is -0.143. The average molecular weight is 785 g/mol. The molecule has 0 aliphatic carbocycles. The number of nitrogens with zero attached hydrogens (tertiary/aromatic N) is 4. The van der Waals surface area contributed by atoms with Crippen molar-refractivity contribution in [2.24, 2.45) is 0 Å². The molecule has 0 saturated carbocycles. The zero-order valence-electron chi connectivity index (χ0n) is 29.8. The number of nitrogens with one attached hydrogen (secondary N) is 2. The van der Waals surface area contributed by atoms with Crippen LogP contribution in [0.2, 0.25) is 0 Å². The summed E-state index contributed by atoms with van der Waals surface area (Å²) < 4.78 is 42.0. The second kappa shape index (κ2) is 20.3. The summed E-state index contributed by atoms with van der Waals surface area (Å²) in [6.45, 7) is 0. The number of esters is 2. The Morgan fingerprint density at radius 2 is 0.889 bits per heavy atom. The lowest BCUT2D eigenvalue weighted by Gasteiger charge is -2.19. The highest BCUT2D eigenvalue weighted by Crippen LogP contribution is 2.29. The van der Waals surface area contributed by atoms with E-state index in [0.29, 0.717) is 0 Å². The van der Waals surface area contributed by atoms with E-state index < -0.39 is 35.8 Å². The molecule has 2 heterocycles. The SMILES string of the molecule is COC(=O)[C@@H](CSSC[C@@H](NC(=O)c1ccccc1Oc1nc(OC)cc(OC)n1)C(=O)OC)NC(=O)c1ccccc1Oc1nc(OC)cc(OC)n1. The fourth-order valence-electron chi connectivity index (χ4n) is 4.29. The minimum Gasteiger partial charge on any atom is -0.481 e. The molecule has 0 fully saturated rings. The Kier molecular flexibility index (Phi) is 15.3. The van der Waals surface area contributed by atoms with Crippen LogP contribution < -0.4 is 39.1 Å². The van der Waals surface area contributed by atoms with Gasteiger partial charge in [-0.15, -0.1) is 0 Å². The molecule has 54 heavy (non-hydrogen) atoms. The van der Waals surface area contributed by atoms with E-state index >= 15 is 0 Å². The van der Waals surface area contributed by atoms with Crippen molar-refractivity contribution < 1.29 is 57.1 Å². The van der Waals surface area contributed by atoms with Gasteiger partial charge in [0.05, 0.1) is 65.9 Å². The Balaban J connectivity index is 1.40. The van der Waals surface area contributed by atoms with Gasteiger partial charge in [-0.25, -0.2) is 9.59 Å². The summed E-state index contributed by atoms with van der Waals surface area (Å²) in [4.78, 5) is 68.8. The fraction of sp³-hybridized carbons (Fsp3) is 0.294. The van der Waals surface area contributed by atoms with Crippen molar-refractivity contribution in [1.82, 2.24) is 30.6 Å². The van der Waals surface area contributed by atoms with Crippen molar-refractivity contribution in [2.75, 3.05) is 54.2 Å². The Hall–Kier alpha value is -6.02. The second-order valence-corrected chi connectivity index (χ2v) is 12.9. The van der Waals surface area contributed by atoms with Crippen LogP contribution >= 0.6 is 21.6 Å². The van der Waals surface area contributed by atoms with Crippen LogP contribution in [0.15, 0.2) is 60.7 Å². The molecule has 286 valence electrons. The van der Waals surface area contributed by atoms with E-state index in [2.05, 4.69) is 30.6 Å². The molecule has 0 bridgehead atoms. The largest absolute Gasteiger partial charge is 0.481 e. The smallest absolute Gasteiger partial charge is 0.329 e. The molecule has 0 aliphatic heterocycles. The van der Waals surface area contributed by atoms with Gasteiger partial charge in [0.1, 0.15) is 23.6 Å². The average Bonchev–Trinajstić information content (AvgIpc) is 3.20. The van der Waals surface area contributed by atoms with Gasteiger partial charge >= 0.3 is 24.0 Å². The summed E-state index contributed by atoms with van der Waals surface area (Å²) in [6, 6.07) is 12.9. The van der Waals surface area contributed by atoms with Gasteiger partial charge in [0.15, 0.2) is 0 Å². The summed E-state index contributed by atoms with van der Waals surface area (Å²) in [5, 5.41) is 5.31. The quantitative estimate of drug-likeness (QED) is 0.0790. The zero-order valence-corrected chi connectivity index (χ0v) is 31.5. The van der Waals surface area contributed by atoms with Crippen LogP contribution in [0.25, 0.3) is 0 Å². The van der Waals surface area contributed by atoms with Crippen molar-refractivity contribution in [3.8, 4) is 47.0 Å². The summed E-state index contributed by atoms with van der Waals surface area (Å²) in [6.07, 6.45) is 0. The van der Waals surface area contributed by atoms with Gasteiger partial charge in [-0.1, -0.05) is 45.9 Å². The van der Waals surface area contributed by atoms with E-state index in [1.807, 2.05) is 0 Å². The Morgan fingerprint density at radius 1 is 0.556 bits per heavy atom. The number of amides is 2. The van der Waals surface area contributed by atoms with E-state index in [0.717, 1.165) is 21.6 Å². The number of benzene rings is 2. The number of carbonyl (C=O) groups excluding carboxylic acids is 4. The lowest BCUT2D eigenvalue weighted by atomic mass is 10.1. The molecule has 2 aromatic heterocycles. The number of methoxy groups -OCH3 is 6. The molecule has 2 atom stereocenters. The predicted molar refractivity (Wildman–Crippen MR) is 195 cm³/mol. The highest BCUT2D eigenvalue weighted by atomic mass is 33.1. The first-order chi connectivity index (χ1) is 26.1. The minimum absolute atomic E-state index is 0.0187. The maximum absolute atomic E-state index is 13.4. The maximum atomic E-state index is 13.4. The number of para-hydroxylation sites is 2. The normalized spacial score (nSPS) is 11.6. The fourth-order valence-corrected chi connectivity index (χ4v) is 6.58. The van der Waals surface area contributed by atoms with Crippen LogP contribution in [-0.2, 0) is 19.1 Å². The summed E-state index contributed by atoms with van der Waals surface area (Å²) in [5.41, 5.74) is 0.147. The number of carbonyl (C=O) groups is 4. The number of hydrogen-bond acceptors (Lipinski definition) is 18. The van der Waals surface area contributed by atoms with E-state index in [1.54, 1.807) is 24.3 Å². The van der Waals surface area contributed by atoms with Crippen molar-refractivity contribution in [3.63, 3.8) is 0 Å². The van der Waals surface area contributed by atoms with Gasteiger partial charge in [0, 0.05) is 11.5 Å². The number of hydrogen-bond donors (Lipinski definition) is 2. The van der Waals surface area contributed by atoms with Crippen molar-refractivity contribution >= 4 is 45.3 Å². The number of ether oxygens (including phenoxy) is 8. The van der Waals surface area contributed by atoms with Crippen LogP contribution in [0.3, 0.4) is 0 Å². The van der Waals surface area contributed by atoms with Crippen LogP contribution in [0, 0.1) is 0 Å². The van der Waals surface area contributed by atoms with Gasteiger partial charge < -0.3 is 48.5 Å². The van der Waals surface area contributed by atoms with Crippen molar-refractivity contribution in [3.05, 3.63) is 71.8 Å². The van der Waals surface area contributed by atoms with Crippen LogP contribution in [0.5, 0.6) is 47.0 Å². The van der Waals surface area contributed by atoms with E-state index in [1.165, 1.54) is 79.1 Å². The van der Waals surface area contributed by atoms with Gasteiger partial charge in [0.25, 0.3) is 11.8 Å². The molecule has 0 spiro atoms. The Labute approximate surface area is 317 Å². The zero-order chi connectivity index (χ0) is 39.0. The third-order valence-electron chi connectivity index (χ3n) is 6.95. The molecule has 18 nitrogen and oxygen atoms in total. The molecule has 20 heteroatoms. The van der Waals surface area contributed by atoms with Crippen molar-refractivity contribution in [2.45, 2.75) is 12.1 Å². The molecule has 0 saturated heterocycles. The molecule has 4 aromatic rings. The van der Waals surface area contributed by atoms with Gasteiger partial charge in [-0.05, 0) is 24.3 Å². The maximum Gasteiger partial charge on any atom is 0.329 e. The van der Waals surface area contributed by atoms with E-state index in [4.69, 9.17) is 37.9 Å². The highest BCUT2D eigenvalue weighted by Gasteiger charge is 2.27. The monoisotopic (exact) mass is 784 g/mol. The molecular weight excluding hydrogens is 749 g/mol. The van der Waals surface area contributed by atoms with E-state index in [-0.39, 0.29) is 69.7 Å². The first-order valence-electron chi connectivity index (χ1n) is 15.6. The molecule has 2 N–H and O–H groups in total. The molecule has 0 aliphatic rings. The standard InChI is InChI=1S/C34H36N6O12S2/c1-45-25-15-26(46-2)38-33(37-25)51-23-13-9-7-11-19(23)29(41)35-21(31(43)49-5)17-53-54-18-22(32(44)50-6)36-30(42)20-12-8-10-14-24(20)52-34-39-27(47-3)16-28(40-34)48-4/h7-16,21-22H,17-18H2,1-6H3,(H,35,41)(H,36,42)/t21-,22-/m1/s1. The van der Waals surface area contributed by atoms with Crippen LogP contribution in [0.4, 0.5) is 0 Å². The Bertz CT molecular complexity index is 1760. The summed E-state index contributed by atoms with van der Waals surface area (Å²) in [5.74, 6) is -1.83. The first kappa shape index (κ1) is 40.7. The Morgan fingerprint density at radius 3 is 1.20 bits per heavy atom. The molecule has 4 rings (SSSR count). The molecule has 2 aromatic carbocycles. The van der Waals surface area contributed by atoms with Gasteiger partial charge in [-0.3, -0.25) is 9.59 Å². The van der Waals surface area contributed by atoms with Crippen LogP contribution in [0.1, 0.15) is 20.7 Å². The van der Waals surface area contributed by atoms with Crippen LogP contribution in [-0.4, -0.2) is 110 Å². The van der Waals surface area contributed by atoms with E-state index in [9.17, 15) is 19.2 Å². The minimum atomic E-state index is -1.12. The topological polar surface area (TPSA) is 218 Å². The predicted octanol–water partition coefficient (Wildman–Crippen LogP) is 3.51. The number of aromatic nitrogens is 4. The molecule has 0 unspecified atom stereocenters. The molecule has 2 amide bonds. The molecular formula is C34H36N6O12S2. The van der Waals surface area contributed by atoms with Gasteiger partial charge in [0.2, 0.25) is 23.5 Å². The second-order valence-electron chi connectivity index (χ2n) is 10.3. The third-order valence-corrected chi connectivity index (χ3v) is 9.38. The number of rotatable bonds is 19. The molecule has 0 radical (unpaired) electrons. The van der Waals surface area contributed by atoms with Gasteiger partial charge in [-0.2, -0.15) is 19.9 Å². The highest BCUT2D eigenvalue weighted by molar-refractivity contribution is 8.76. The lowest BCUT2D eigenvalue weighted by Crippen LogP contribution is -2.44. The first-order valence-corrected chi connectivity index (χ1v) is 18.1.